The maximum Gasteiger partial charge on any atom is 0.308 e. The summed E-state index contributed by atoms with van der Waals surface area (Å²) in [7, 11) is 0. The van der Waals surface area contributed by atoms with Crippen molar-refractivity contribution in [2.24, 2.45) is 11.8 Å². The third kappa shape index (κ3) is 5.22. The number of carbonyl (C=O) groups is 1. The van der Waals surface area contributed by atoms with Crippen LogP contribution in [0.5, 0.6) is 0 Å². The number of hydrogen-bond donors (Lipinski definition) is 2. The average molecular weight is 201 g/mol. The lowest BCUT2D eigenvalue weighted by Gasteiger charge is -2.20. The molecule has 0 aromatic carbocycles. The number of nitrogens with one attached hydrogen (secondary N) is 1. The number of aliphatic carboxylic acids is 1. The third-order valence-corrected chi connectivity index (χ3v) is 2.53. The van der Waals surface area contributed by atoms with E-state index in [1.54, 1.807) is 0 Å². The SMILES string of the molecule is CCCC(C)NCC(C(=O)O)C(C)C. The molecule has 0 radical (unpaired) electrons. The van der Waals surface area contributed by atoms with Crippen LogP contribution in [-0.2, 0) is 4.79 Å². The molecule has 0 saturated heterocycles. The third-order valence-electron chi connectivity index (χ3n) is 2.53. The molecule has 0 aromatic rings. The highest BCUT2D eigenvalue weighted by molar-refractivity contribution is 5.70. The van der Waals surface area contributed by atoms with Gasteiger partial charge in [-0.05, 0) is 19.3 Å². The van der Waals surface area contributed by atoms with Gasteiger partial charge in [-0.1, -0.05) is 27.2 Å². The molecule has 0 rings (SSSR count). The van der Waals surface area contributed by atoms with E-state index in [9.17, 15) is 4.79 Å². The summed E-state index contributed by atoms with van der Waals surface area (Å²) in [6, 6.07) is 0.417. The molecule has 0 heterocycles. The second-order valence-electron chi connectivity index (χ2n) is 4.29. The zero-order valence-corrected chi connectivity index (χ0v) is 9.71. The van der Waals surface area contributed by atoms with Gasteiger partial charge in [0.1, 0.15) is 0 Å². The molecule has 0 bridgehead atoms. The number of carboxylic acids is 1. The minimum absolute atomic E-state index is 0.189. The van der Waals surface area contributed by atoms with Crippen molar-refractivity contribution in [3.05, 3.63) is 0 Å². The first-order valence-corrected chi connectivity index (χ1v) is 5.45. The minimum Gasteiger partial charge on any atom is -0.481 e. The van der Waals surface area contributed by atoms with Gasteiger partial charge in [0.05, 0.1) is 5.92 Å². The van der Waals surface area contributed by atoms with Crippen LogP contribution in [0.1, 0.15) is 40.5 Å². The Kier molecular flexibility index (Phi) is 6.54. The Morgan fingerprint density at radius 1 is 1.36 bits per heavy atom. The Balaban J connectivity index is 3.88. The molecule has 0 aliphatic heterocycles. The lowest BCUT2D eigenvalue weighted by atomic mass is 9.95. The first kappa shape index (κ1) is 13.4. The van der Waals surface area contributed by atoms with Gasteiger partial charge in [0, 0.05) is 12.6 Å². The van der Waals surface area contributed by atoms with Crippen LogP contribution in [0.25, 0.3) is 0 Å². The van der Waals surface area contributed by atoms with Gasteiger partial charge in [-0.15, -0.1) is 0 Å². The maximum absolute atomic E-state index is 10.9. The van der Waals surface area contributed by atoms with Crippen molar-refractivity contribution in [1.29, 1.82) is 0 Å². The smallest absolute Gasteiger partial charge is 0.308 e. The van der Waals surface area contributed by atoms with E-state index >= 15 is 0 Å². The molecule has 14 heavy (non-hydrogen) atoms. The molecule has 2 atom stereocenters. The standard InChI is InChI=1S/C11H23NO2/c1-5-6-9(4)12-7-10(8(2)3)11(13)14/h8-10,12H,5-7H2,1-4H3,(H,13,14). The second kappa shape index (κ2) is 6.82. The van der Waals surface area contributed by atoms with Crippen molar-refractivity contribution in [2.75, 3.05) is 6.54 Å². The summed E-state index contributed by atoms with van der Waals surface area (Å²) in [5, 5.41) is 12.2. The largest absolute Gasteiger partial charge is 0.481 e. The highest BCUT2D eigenvalue weighted by atomic mass is 16.4. The van der Waals surface area contributed by atoms with Crippen LogP contribution >= 0.6 is 0 Å². The van der Waals surface area contributed by atoms with E-state index in [1.807, 2.05) is 13.8 Å². The molecule has 2 N–H and O–H groups in total. The van der Waals surface area contributed by atoms with E-state index in [4.69, 9.17) is 5.11 Å². The number of rotatable bonds is 7. The molecule has 0 aliphatic rings. The maximum atomic E-state index is 10.9. The van der Waals surface area contributed by atoms with Gasteiger partial charge >= 0.3 is 5.97 Å². The molecule has 3 heteroatoms. The lowest BCUT2D eigenvalue weighted by molar-refractivity contribution is -0.143. The van der Waals surface area contributed by atoms with Crippen LogP contribution in [0.4, 0.5) is 0 Å². The summed E-state index contributed by atoms with van der Waals surface area (Å²) in [4.78, 5) is 10.9. The Morgan fingerprint density at radius 2 is 1.93 bits per heavy atom. The Hall–Kier alpha value is -0.570. The van der Waals surface area contributed by atoms with Crippen LogP contribution in [0.2, 0.25) is 0 Å². The monoisotopic (exact) mass is 201 g/mol. The van der Waals surface area contributed by atoms with E-state index in [-0.39, 0.29) is 11.8 Å². The van der Waals surface area contributed by atoms with E-state index in [2.05, 4.69) is 19.2 Å². The number of hydrogen-bond acceptors (Lipinski definition) is 2. The summed E-state index contributed by atoms with van der Waals surface area (Å²) < 4.78 is 0. The van der Waals surface area contributed by atoms with Gasteiger partial charge in [0.25, 0.3) is 0 Å². The van der Waals surface area contributed by atoms with Crippen molar-refractivity contribution >= 4 is 5.97 Å². The molecule has 0 aromatic heterocycles. The molecule has 0 amide bonds. The van der Waals surface area contributed by atoms with Crippen LogP contribution in [0, 0.1) is 11.8 Å². The van der Waals surface area contributed by atoms with Crippen molar-refractivity contribution in [3.8, 4) is 0 Å². The average Bonchev–Trinajstić information content (AvgIpc) is 2.03. The zero-order valence-electron chi connectivity index (χ0n) is 9.71. The molecule has 2 unspecified atom stereocenters. The highest BCUT2D eigenvalue weighted by Gasteiger charge is 2.21. The minimum atomic E-state index is -0.698. The van der Waals surface area contributed by atoms with Crippen LogP contribution in [0.15, 0.2) is 0 Å². The normalized spacial score (nSPS) is 15.5. The highest BCUT2D eigenvalue weighted by Crippen LogP contribution is 2.10. The van der Waals surface area contributed by atoms with Crippen LogP contribution in [-0.4, -0.2) is 23.7 Å². The summed E-state index contributed by atoms with van der Waals surface area (Å²) >= 11 is 0. The van der Waals surface area contributed by atoms with E-state index in [1.165, 1.54) is 0 Å². The van der Waals surface area contributed by atoms with Gasteiger partial charge in [0.15, 0.2) is 0 Å². The van der Waals surface area contributed by atoms with Gasteiger partial charge < -0.3 is 10.4 Å². The Morgan fingerprint density at radius 3 is 2.29 bits per heavy atom. The summed E-state index contributed by atoms with van der Waals surface area (Å²) in [6.07, 6.45) is 2.23. The molecule has 84 valence electrons. The Labute approximate surface area is 86.9 Å². The molecular formula is C11H23NO2. The molecule has 0 saturated carbocycles. The summed E-state index contributed by atoms with van der Waals surface area (Å²) in [5.74, 6) is -0.778. The topological polar surface area (TPSA) is 49.3 Å². The lowest BCUT2D eigenvalue weighted by Crippen LogP contribution is -2.36. The van der Waals surface area contributed by atoms with Crippen LogP contribution in [0.3, 0.4) is 0 Å². The predicted molar refractivity (Wildman–Crippen MR) is 58.3 cm³/mol. The summed E-state index contributed by atoms with van der Waals surface area (Å²) in [6.45, 7) is 8.71. The fourth-order valence-corrected chi connectivity index (χ4v) is 1.47. The fourth-order valence-electron chi connectivity index (χ4n) is 1.47. The molecule has 0 fully saturated rings. The van der Waals surface area contributed by atoms with Crippen molar-refractivity contribution in [1.82, 2.24) is 5.32 Å². The zero-order chi connectivity index (χ0) is 11.1. The summed E-state index contributed by atoms with van der Waals surface area (Å²) in [5.41, 5.74) is 0. The second-order valence-corrected chi connectivity index (χ2v) is 4.29. The first-order chi connectivity index (χ1) is 6.49. The first-order valence-electron chi connectivity index (χ1n) is 5.45. The van der Waals surface area contributed by atoms with Gasteiger partial charge in [-0.25, -0.2) is 0 Å². The van der Waals surface area contributed by atoms with Gasteiger partial charge in [-0.3, -0.25) is 4.79 Å². The molecule has 3 nitrogen and oxygen atoms in total. The van der Waals surface area contributed by atoms with E-state index < -0.39 is 5.97 Å². The van der Waals surface area contributed by atoms with E-state index in [0.29, 0.717) is 12.6 Å². The van der Waals surface area contributed by atoms with E-state index in [0.717, 1.165) is 12.8 Å². The Bertz CT molecular complexity index is 169. The van der Waals surface area contributed by atoms with Crippen molar-refractivity contribution < 1.29 is 9.90 Å². The van der Waals surface area contributed by atoms with Crippen LogP contribution < -0.4 is 5.32 Å². The van der Waals surface area contributed by atoms with Crippen molar-refractivity contribution in [2.45, 2.75) is 46.6 Å². The van der Waals surface area contributed by atoms with Gasteiger partial charge in [0.2, 0.25) is 0 Å². The number of carboxylic acid groups (broad SMARTS) is 1. The van der Waals surface area contributed by atoms with Gasteiger partial charge in [-0.2, -0.15) is 0 Å². The molecule has 0 aliphatic carbocycles. The molecule has 0 spiro atoms. The van der Waals surface area contributed by atoms with Crippen molar-refractivity contribution in [3.63, 3.8) is 0 Å². The predicted octanol–water partition coefficient (Wildman–Crippen LogP) is 2.12. The quantitative estimate of drug-likeness (QED) is 0.663. The molecular weight excluding hydrogens is 178 g/mol. The fraction of sp³-hybridized carbons (Fsp3) is 0.909.